The molecule has 156 valence electrons. The molecule has 2 aromatic carbocycles. The van der Waals surface area contributed by atoms with Gasteiger partial charge in [-0.2, -0.15) is 5.10 Å². The Bertz CT molecular complexity index is 1410. The number of rotatable bonds is 1. The third-order valence-electron chi connectivity index (χ3n) is 5.22. The number of halogens is 1. The summed E-state index contributed by atoms with van der Waals surface area (Å²) in [5, 5.41) is 16.9. The van der Waals surface area contributed by atoms with Crippen molar-refractivity contribution >= 4 is 44.2 Å². The number of urea groups is 1. The van der Waals surface area contributed by atoms with Crippen molar-refractivity contribution in [2.45, 2.75) is 4.32 Å². The molecule has 4 N–H and O–H groups in total. The monoisotopic (exact) mass is 480 g/mol. The zero-order valence-corrected chi connectivity index (χ0v) is 17.6. The van der Waals surface area contributed by atoms with Gasteiger partial charge in [-0.1, -0.05) is 52.3 Å². The lowest BCUT2D eigenvalue weighted by Crippen LogP contribution is -2.35. The summed E-state index contributed by atoms with van der Waals surface area (Å²) in [5.74, 6) is 0.625. The van der Waals surface area contributed by atoms with Gasteiger partial charge in [0.25, 0.3) is 0 Å². The van der Waals surface area contributed by atoms with Crippen LogP contribution >= 0.6 is 15.9 Å². The summed E-state index contributed by atoms with van der Waals surface area (Å²) in [6.07, 6.45) is 1.78. The third-order valence-corrected chi connectivity index (χ3v) is 6.12. The van der Waals surface area contributed by atoms with Crippen LogP contribution in [0.25, 0.3) is 16.6 Å². The number of aliphatic hydroxyl groups excluding tert-OH is 1. The predicted molar refractivity (Wildman–Crippen MR) is 120 cm³/mol. The first-order valence-electron chi connectivity index (χ1n) is 9.45. The highest BCUT2D eigenvalue weighted by molar-refractivity contribution is 9.09. The molecule has 0 radical (unpaired) electrons. The SMILES string of the molecule is O=C1NNC2=CC(Br)(CO)c3ccccc3N12.O=c1[nH]nc2ccc3ccccc3n12. The number of para-hydroxylation sites is 2. The second-order valence-electron chi connectivity index (χ2n) is 7.07. The number of carbonyl (C=O) groups is 1. The van der Waals surface area contributed by atoms with Gasteiger partial charge in [-0.05, 0) is 41.3 Å². The highest BCUT2D eigenvalue weighted by Crippen LogP contribution is 2.44. The summed E-state index contributed by atoms with van der Waals surface area (Å²) >= 11 is 3.52. The van der Waals surface area contributed by atoms with Crippen molar-refractivity contribution in [3.63, 3.8) is 0 Å². The van der Waals surface area contributed by atoms with Crippen molar-refractivity contribution in [2.24, 2.45) is 0 Å². The van der Waals surface area contributed by atoms with Gasteiger partial charge in [0.1, 0.15) is 5.82 Å². The number of carbonyl (C=O) groups excluding carboxylic acids is 1. The molecule has 1 unspecified atom stereocenters. The van der Waals surface area contributed by atoms with Crippen molar-refractivity contribution in [3.8, 4) is 0 Å². The molecular weight excluding hydrogens is 464 g/mol. The maximum Gasteiger partial charge on any atom is 0.348 e. The topological polar surface area (TPSA) is 115 Å². The number of aliphatic hydroxyl groups is 1. The van der Waals surface area contributed by atoms with Crippen LogP contribution in [0.5, 0.6) is 0 Å². The molecule has 0 saturated carbocycles. The number of alkyl halides is 1. The zero-order valence-electron chi connectivity index (χ0n) is 16.0. The van der Waals surface area contributed by atoms with E-state index >= 15 is 0 Å². The van der Waals surface area contributed by atoms with Crippen molar-refractivity contribution < 1.29 is 9.90 Å². The first kappa shape index (κ1) is 19.3. The number of amides is 2. The molecule has 4 aromatic rings. The van der Waals surface area contributed by atoms with E-state index < -0.39 is 4.32 Å². The van der Waals surface area contributed by atoms with Gasteiger partial charge < -0.3 is 5.11 Å². The molecule has 2 aliphatic rings. The van der Waals surface area contributed by atoms with Crippen LogP contribution in [0.1, 0.15) is 5.56 Å². The summed E-state index contributed by atoms with van der Waals surface area (Å²) in [7, 11) is 0. The van der Waals surface area contributed by atoms with Crippen molar-refractivity contribution in [2.75, 3.05) is 11.5 Å². The Morgan fingerprint density at radius 3 is 2.61 bits per heavy atom. The zero-order chi connectivity index (χ0) is 21.6. The van der Waals surface area contributed by atoms with Gasteiger partial charge in [-0.25, -0.2) is 29.4 Å². The van der Waals surface area contributed by atoms with Gasteiger partial charge in [0, 0.05) is 0 Å². The van der Waals surface area contributed by atoms with Gasteiger partial charge in [0.2, 0.25) is 0 Å². The number of pyridine rings is 1. The number of aromatic amines is 1. The molecule has 31 heavy (non-hydrogen) atoms. The minimum Gasteiger partial charge on any atom is -0.394 e. The Labute approximate surface area is 184 Å². The fourth-order valence-corrected chi connectivity index (χ4v) is 4.33. The molecule has 0 spiro atoms. The second kappa shape index (κ2) is 7.25. The second-order valence-corrected chi connectivity index (χ2v) is 8.49. The van der Waals surface area contributed by atoms with E-state index in [1.807, 2.05) is 60.7 Å². The van der Waals surface area contributed by atoms with E-state index in [1.165, 1.54) is 0 Å². The molecule has 10 heteroatoms. The maximum absolute atomic E-state index is 11.7. The number of benzene rings is 2. The Kier molecular flexibility index (Phi) is 4.53. The molecule has 6 rings (SSSR count). The summed E-state index contributed by atoms with van der Waals surface area (Å²) in [5.41, 5.74) is 8.27. The van der Waals surface area contributed by atoms with Gasteiger partial charge in [0.05, 0.1) is 22.1 Å². The Hall–Kier alpha value is -3.63. The molecule has 0 bridgehead atoms. The first-order valence-corrected chi connectivity index (χ1v) is 10.2. The van der Waals surface area contributed by atoms with E-state index in [2.05, 4.69) is 37.0 Å². The molecule has 1 saturated heterocycles. The van der Waals surface area contributed by atoms with Gasteiger partial charge in [-0.3, -0.25) is 5.43 Å². The Morgan fingerprint density at radius 2 is 1.77 bits per heavy atom. The van der Waals surface area contributed by atoms with Crippen LogP contribution < -0.4 is 21.4 Å². The fourth-order valence-electron chi connectivity index (χ4n) is 3.77. The van der Waals surface area contributed by atoms with Crippen molar-refractivity contribution in [3.05, 3.63) is 88.6 Å². The summed E-state index contributed by atoms with van der Waals surface area (Å²) < 4.78 is 0.907. The number of nitrogens with one attached hydrogen (secondary N) is 3. The molecule has 9 nitrogen and oxygen atoms in total. The minimum atomic E-state index is -0.658. The highest BCUT2D eigenvalue weighted by atomic mass is 79.9. The number of aromatic nitrogens is 3. The molecule has 1 atom stereocenters. The van der Waals surface area contributed by atoms with Crippen LogP contribution in [0.15, 0.2) is 77.4 Å². The van der Waals surface area contributed by atoms with Crippen molar-refractivity contribution in [1.82, 2.24) is 25.4 Å². The average Bonchev–Trinajstić information content (AvgIpc) is 3.37. The van der Waals surface area contributed by atoms with Crippen LogP contribution in [-0.2, 0) is 4.32 Å². The van der Waals surface area contributed by atoms with Crippen LogP contribution in [-0.4, -0.2) is 32.3 Å². The average molecular weight is 481 g/mol. The Balaban J connectivity index is 0.000000134. The van der Waals surface area contributed by atoms with E-state index in [-0.39, 0.29) is 18.3 Å². The number of hydrogen-bond donors (Lipinski definition) is 4. The van der Waals surface area contributed by atoms with E-state index in [9.17, 15) is 14.7 Å². The maximum atomic E-state index is 11.7. The van der Waals surface area contributed by atoms with Crippen molar-refractivity contribution in [1.29, 1.82) is 0 Å². The lowest BCUT2D eigenvalue weighted by Gasteiger charge is -2.33. The summed E-state index contributed by atoms with van der Waals surface area (Å²) in [6.45, 7) is -0.0861. The molecule has 2 amide bonds. The van der Waals surface area contributed by atoms with Crippen LogP contribution in [0.3, 0.4) is 0 Å². The molecule has 1 fully saturated rings. The first-order chi connectivity index (χ1) is 15.0. The van der Waals surface area contributed by atoms with Gasteiger partial charge >= 0.3 is 11.7 Å². The van der Waals surface area contributed by atoms with Gasteiger partial charge in [0.15, 0.2) is 5.65 Å². The predicted octanol–water partition coefficient (Wildman–Crippen LogP) is 2.33. The standard InChI is InChI=1S/C11H10BrN3O2.C10H7N3O/c12-11(6-16)5-9-13-14-10(17)15(9)8-4-2-1-3-7(8)11;14-10-12-11-9-6-5-7-3-1-2-4-8(7)13(9)10/h1-5,13,16H,6H2,(H,14,17);1-6H,(H,12,14). The number of hydrazine groups is 1. The van der Waals surface area contributed by atoms with Gasteiger partial charge in [-0.15, -0.1) is 0 Å². The summed E-state index contributed by atoms with van der Waals surface area (Å²) in [4.78, 5) is 24.7. The molecular formula is C21H17BrN6O3. The van der Waals surface area contributed by atoms with Crippen LogP contribution in [0.4, 0.5) is 10.5 Å². The van der Waals surface area contributed by atoms with E-state index in [4.69, 9.17) is 0 Å². The lowest BCUT2D eigenvalue weighted by atomic mass is 9.94. The van der Waals surface area contributed by atoms with E-state index in [0.29, 0.717) is 11.5 Å². The molecule has 2 aromatic heterocycles. The van der Waals surface area contributed by atoms with E-state index in [1.54, 1.807) is 15.4 Å². The highest BCUT2D eigenvalue weighted by Gasteiger charge is 2.40. The number of hydrogen-bond acceptors (Lipinski definition) is 5. The number of anilines is 1. The number of fused-ring (bicyclic) bond motifs is 6. The molecule has 2 aliphatic heterocycles. The molecule has 4 heterocycles. The number of nitrogens with zero attached hydrogens (tertiary/aromatic N) is 3. The van der Waals surface area contributed by atoms with Crippen LogP contribution in [0, 0.1) is 0 Å². The van der Waals surface area contributed by atoms with Crippen LogP contribution in [0.2, 0.25) is 0 Å². The lowest BCUT2D eigenvalue weighted by molar-refractivity contribution is 0.250. The largest absolute Gasteiger partial charge is 0.394 e. The quantitative estimate of drug-likeness (QED) is 0.312. The smallest absolute Gasteiger partial charge is 0.348 e. The third kappa shape index (κ3) is 3.07. The number of H-pyrrole nitrogens is 1. The molecule has 0 aliphatic carbocycles. The minimum absolute atomic E-state index is 0.0861. The summed E-state index contributed by atoms with van der Waals surface area (Å²) in [6, 6.07) is 18.7. The fraction of sp³-hybridized carbons (Fsp3) is 0.0952. The normalized spacial score (nSPS) is 19.1. The van der Waals surface area contributed by atoms with E-state index in [0.717, 1.165) is 22.2 Å². The Morgan fingerprint density at radius 1 is 1.00 bits per heavy atom.